The molecule has 5 nitrogen and oxygen atoms in total. The second kappa shape index (κ2) is 6.51. The van der Waals surface area contributed by atoms with Crippen molar-refractivity contribution >= 4 is 16.8 Å². The fourth-order valence-electron chi connectivity index (χ4n) is 3.13. The molecule has 1 amide bonds. The molecule has 0 saturated heterocycles. The van der Waals surface area contributed by atoms with E-state index in [-0.39, 0.29) is 5.91 Å². The third-order valence-electron chi connectivity index (χ3n) is 4.50. The zero-order valence-corrected chi connectivity index (χ0v) is 14.1. The zero-order chi connectivity index (χ0) is 17.2. The van der Waals surface area contributed by atoms with Gasteiger partial charge in [0.25, 0.3) is 0 Å². The molecule has 1 aliphatic rings. The van der Waals surface area contributed by atoms with Gasteiger partial charge in [-0.05, 0) is 41.8 Å². The molecule has 0 aliphatic carbocycles. The van der Waals surface area contributed by atoms with Gasteiger partial charge in [0.2, 0.25) is 5.91 Å². The highest BCUT2D eigenvalue weighted by molar-refractivity contribution is 5.88. The van der Waals surface area contributed by atoms with E-state index in [1.807, 2.05) is 49.5 Å². The predicted molar refractivity (Wildman–Crippen MR) is 96.0 cm³/mol. The van der Waals surface area contributed by atoms with Crippen molar-refractivity contribution in [1.82, 2.24) is 10.3 Å². The Morgan fingerprint density at radius 1 is 1.12 bits per heavy atom. The number of hydrogen-bond donors (Lipinski definition) is 2. The van der Waals surface area contributed by atoms with Crippen LogP contribution >= 0.6 is 0 Å². The van der Waals surface area contributed by atoms with Gasteiger partial charge in [-0.2, -0.15) is 0 Å². The van der Waals surface area contributed by atoms with Crippen molar-refractivity contribution in [2.75, 3.05) is 13.2 Å². The van der Waals surface area contributed by atoms with Crippen LogP contribution in [0.15, 0.2) is 42.6 Å². The van der Waals surface area contributed by atoms with Gasteiger partial charge in [0, 0.05) is 23.6 Å². The minimum absolute atomic E-state index is 0.000887. The Balaban J connectivity index is 1.43. The largest absolute Gasteiger partial charge is 0.486 e. The van der Waals surface area contributed by atoms with Crippen LogP contribution in [-0.4, -0.2) is 24.1 Å². The van der Waals surface area contributed by atoms with Crippen LogP contribution in [0, 0.1) is 6.92 Å². The lowest BCUT2D eigenvalue weighted by Gasteiger charge is -2.20. The van der Waals surface area contributed by atoms with E-state index in [1.54, 1.807) is 0 Å². The van der Waals surface area contributed by atoms with E-state index in [2.05, 4.69) is 10.3 Å². The number of benzene rings is 2. The number of aromatic nitrogens is 1. The van der Waals surface area contributed by atoms with Crippen LogP contribution < -0.4 is 14.8 Å². The molecule has 4 rings (SSSR count). The van der Waals surface area contributed by atoms with Crippen LogP contribution in [0.4, 0.5) is 0 Å². The minimum atomic E-state index is -0.000887. The summed E-state index contributed by atoms with van der Waals surface area (Å²) >= 11 is 0. The van der Waals surface area contributed by atoms with Crippen molar-refractivity contribution in [3.05, 3.63) is 59.3 Å². The lowest BCUT2D eigenvalue weighted by Crippen LogP contribution is -2.25. The molecule has 0 fully saturated rings. The smallest absolute Gasteiger partial charge is 0.224 e. The molecule has 3 aromatic rings. The summed E-state index contributed by atoms with van der Waals surface area (Å²) in [6, 6.07) is 11.9. The molecule has 2 N–H and O–H groups in total. The maximum absolute atomic E-state index is 12.3. The van der Waals surface area contributed by atoms with E-state index >= 15 is 0 Å². The highest BCUT2D eigenvalue weighted by Gasteiger charge is 2.15. The van der Waals surface area contributed by atoms with Gasteiger partial charge in [0.05, 0.1) is 6.42 Å². The van der Waals surface area contributed by atoms with E-state index in [1.165, 1.54) is 0 Å². The molecule has 0 spiro atoms. The number of para-hydroxylation sites is 1. The maximum Gasteiger partial charge on any atom is 0.224 e. The van der Waals surface area contributed by atoms with Crippen molar-refractivity contribution in [3.63, 3.8) is 0 Å². The van der Waals surface area contributed by atoms with Crippen LogP contribution in [0.3, 0.4) is 0 Å². The molecule has 128 valence electrons. The molecule has 1 aromatic heterocycles. The summed E-state index contributed by atoms with van der Waals surface area (Å²) in [4.78, 5) is 15.5. The van der Waals surface area contributed by atoms with Crippen molar-refractivity contribution in [2.24, 2.45) is 0 Å². The van der Waals surface area contributed by atoms with Gasteiger partial charge >= 0.3 is 0 Å². The SMILES string of the molecule is Cc1cc2c(cc1CNC(=O)Cc1c[nH]c3ccccc13)OCCO2. The highest BCUT2D eigenvalue weighted by atomic mass is 16.6. The number of ether oxygens (including phenoxy) is 2. The molecule has 0 radical (unpaired) electrons. The van der Waals surface area contributed by atoms with Crippen molar-refractivity contribution in [2.45, 2.75) is 19.9 Å². The first-order valence-corrected chi connectivity index (χ1v) is 8.41. The summed E-state index contributed by atoms with van der Waals surface area (Å²) < 4.78 is 11.2. The Hall–Kier alpha value is -2.95. The molecule has 5 heteroatoms. The Morgan fingerprint density at radius 2 is 1.88 bits per heavy atom. The molecule has 0 bridgehead atoms. The van der Waals surface area contributed by atoms with Crippen LogP contribution in [0.25, 0.3) is 10.9 Å². The van der Waals surface area contributed by atoms with E-state index in [4.69, 9.17) is 9.47 Å². The van der Waals surface area contributed by atoms with Crippen LogP contribution in [0.5, 0.6) is 11.5 Å². The summed E-state index contributed by atoms with van der Waals surface area (Å²) in [5.41, 5.74) is 4.17. The minimum Gasteiger partial charge on any atom is -0.486 e. The Kier molecular flexibility index (Phi) is 4.06. The van der Waals surface area contributed by atoms with Gasteiger partial charge in [-0.15, -0.1) is 0 Å². The highest BCUT2D eigenvalue weighted by Crippen LogP contribution is 2.32. The second-order valence-corrected chi connectivity index (χ2v) is 6.24. The molecule has 2 aromatic carbocycles. The third-order valence-corrected chi connectivity index (χ3v) is 4.50. The quantitative estimate of drug-likeness (QED) is 0.769. The fourth-order valence-corrected chi connectivity index (χ4v) is 3.13. The normalized spacial score (nSPS) is 13.0. The molecular weight excluding hydrogens is 316 g/mol. The standard InChI is InChI=1S/C20H20N2O3/c1-13-8-18-19(25-7-6-24-18)9-14(13)11-22-20(23)10-15-12-21-17-5-3-2-4-16(15)17/h2-5,8-9,12,21H,6-7,10-11H2,1H3,(H,22,23). The number of aromatic amines is 1. The topological polar surface area (TPSA) is 63.4 Å². The summed E-state index contributed by atoms with van der Waals surface area (Å²) in [7, 11) is 0. The van der Waals surface area contributed by atoms with Gasteiger partial charge in [0.1, 0.15) is 13.2 Å². The first kappa shape index (κ1) is 15.6. The Morgan fingerprint density at radius 3 is 2.72 bits per heavy atom. The average molecular weight is 336 g/mol. The summed E-state index contributed by atoms with van der Waals surface area (Å²) in [6.07, 6.45) is 2.26. The van der Waals surface area contributed by atoms with Crippen LogP contribution in [0.2, 0.25) is 0 Å². The Labute approximate surface area is 146 Å². The van der Waals surface area contributed by atoms with Gasteiger partial charge in [-0.3, -0.25) is 4.79 Å². The molecule has 0 unspecified atom stereocenters. The first-order valence-electron chi connectivity index (χ1n) is 8.41. The average Bonchev–Trinajstić information content (AvgIpc) is 3.03. The zero-order valence-electron chi connectivity index (χ0n) is 14.1. The van der Waals surface area contributed by atoms with Crippen molar-refractivity contribution in [3.8, 4) is 11.5 Å². The van der Waals surface area contributed by atoms with Gasteiger partial charge in [0.15, 0.2) is 11.5 Å². The number of rotatable bonds is 4. The van der Waals surface area contributed by atoms with E-state index in [0.29, 0.717) is 26.2 Å². The molecule has 0 atom stereocenters. The summed E-state index contributed by atoms with van der Waals surface area (Å²) in [6.45, 7) is 3.62. The predicted octanol–water partition coefficient (Wildman–Crippen LogP) is 3.11. The van der Waals surface area contributed by atoms with Crippen molar-refractivity contribution in [1.29, 1.82) is 0 Å². The summed E-state index contributed by atoms with van der Waals surface area (Å²) in [5.74, 6) is 1.52. The monoisotopic (exact) mass is 336 g/mol. The first-order chi connectivity index (χ1) is 12.2. The number of carbonyl (C=O) groups excluding carboxylic acids is 1. The molecule has 1 aliphatic heterocycles. The fraction of sp³-hybridized carbons (Fsp3) is 0.250. The molecule has 0 saturated carbocycles. The van der Waals surface area contributed by atoms with E-state index in [0.717, 1.165) is 39.1 Å². The van der Waals surface area contributed by atoms with Gasteiger partial charge in [-0.25, -0.2) is 0 Å². The van der Waals surface area contributed by atoms with Crippen LogP contribution in [0.1, 0.15) is 16.7 Å². The number of H-pyrrole nitrogens is 1. The number of nitrogens with one attached hydrogen (secondary N) is 2. The number of aryl methyl sites for hydroxylation is 1. The Bertz CT molecular complexity index is 930. The molecule has 2 heterocycles. The second-order valence-electron chi connectivity index (χ2n) is 6.24. The van der Waals surface area contributed by atoms with Crippen LogP contribution in [-0.2, 0) is 17.8 Å². The molecule has 25 heavy (non-hydrogen) atoms. The lowest BCUT2D eigenvalue weighted by atomic mass is 10.1. The summed E-state index contributed by atoms with van der Waals surface area (Å²) in [5, 5.41) is 4.09. The van der Waals surface area contributed by atoms with Gasteiger partial charge < -0.3 is 19.8 Å². The molecular formula is C20H20N2O3. The number of hydrogen-bond acceptors (Lipinski definition) is 3. The number of amides is 1. The number of fused-ring (bicyclic) bond motifs is 2. The lowest BCUT2D eigenvalue weighted by molar-refractivity contribution is -0.120. The maximum atomic E-state index is 12.3. The van der Waals surface area contributed by atoms with Gasteiger partial charge in [-0.1, -0.05) is 18.2 Å². The van der Waals surface area contributed by atoms with E-state index in [9.17, 15) is 4.79 Å². The van der Waals surface area contributed by atoms with E-state index < -0.39 is 0 Å². The van der Waals surface area contributed by atoms with Crippen molar-refractivity contribution < 1.29 is 14.3 Å². The third kappa shape index (κ3) is 3.18. The number of carbonyl (C=O) groups is 1.